The Kier molecular flexibility index (Phi) is 5.22. The molecule has 1 aromatic carbocycles. The summed E-state index contributed by atoms with van der Waals surface area (Å²) in [7, 11) is 5.19. The van der Waals surface area contributed by atoms with E-state index in [-0.39, 0.29) is 12.6 Å². The molecule has 0 aliphatic heterocycles. The highest BCUT2D eigenvalue weighted by atomic mass is 16.2. The molecule has 18 heavy (non-hydrogen) atoms. The van der Waals surface area contributed by atoms with E-state index in [0.29, 0.717) is 6.54 Å². The van der Waals surface area contributed by atoms with Gasteiger partial charge >= 0.3 is 6.03 Å². The molecule has 0 aliphatic carbocycles. The summed E-state index contributed by atoms with van der Waals surface area (Å²) < 4.78 is 0. The van der Waals surface area contributed by atoms with Gasteiger partial charge < -0.3 is 14.9 Å². The Labute approximate surface area is 108 Å². The molecule has 2 amide bonds. The second-order valence-electron chi connectivity index (χ2n) is 4.15. The van der Waals surface area contributed by atoms with Crippen LogP contribution in [0.15, 0.2) is 24.3 Å². The summed E-state index contributed by atoms with van der Waals surface area (Å²) >= 11 is 0. The van der Waals surface area contributed by atoms with Crippen molar-refractivity contribution in [3.8, 4) is 11.8 Å². The highest BCUT2D eigenvalue weighted by molar-refractivity contribution is 5.73. The Hall–Kier alpha value is -1.99. The summed E-state index contributed by atoms with van der Waals surface area (Å²) in [5.41, 5.74) is 1.81. The lowest BCUT2D eigenvalue weighted by Gasteiger charge is -2.22. The molecule has 0 radical (unpaired) electrons. The fraction of sp³-hybridized carbons (Fsp3) is 0.357. The first-order valence-corrected chi connectivity index (χ1v) is 5.66. The van der Waals surface area contributed by atoms with Crippen molar-refractivity contribution in [3.05, 3.63) is 35.4 Å². The lowest BCUT2D eigenvalue weighted by molar-refractivity contribution is 0.180. The summed E-state index contributed by atoms with van der Waals surface area (Å²) in [6, 6.07) is 7.55. The quantitative estimate of drug-likeness (QED) is 0.795. The number of carbonyl (C=O) groups excluding carboxylic acids is 1. The van der Waals surface area contributed by atoms with Gasteiger partial charge in [-0.1, -0.05) is 30.0 Å². The molecule has 4 heteroatoms. The number of rotatable bonds is 2. The van der Waals surface area contributed by atoms with Gasteiger partial charge in [-0.25, -0.2) is 4.79 Å². The summed E-state index contributed by atoms with van der Waals surface area (Å²) in [6.07, 6.45) is 0. The monoisotopic (exact) mass is 246 g/mol. The van der Waals surface area contributed by atoms with Gasteiger partial charge in [0, 0.05) is 33.3 Å². The van der Waals surface area contributed by atoms with Crippen LogP contribution in [0, 0.1) is 11.8 Å². The van der Waals surface area contributed by atoms with E-state index in [1.54, 1.807) is 26.0 Å². The van der Waals surface area contributed by atoms with E-state index < -0.39 is 0 Å². The standard InChI is InChI=1S/C14H18N2O2/c1-15(2)14(18)16(3)11-13-8-5-4-7-12(13)9-6-10-17/h4-5,7-8,17H,10-11H2,1-3H3. The van der Waals surface area contributed by atoms with Gasteiger partial charge in [-0.15, -0.1) is 0 Å². The number of urea groups is 1. The topological polar surface area (TPSA) is 43.8 Å². The van der Waals surface area contributed by atoms with Gasteiger partial charge in [-0.2, -0.15) is 0 Å². The van der Waals surface area contributed by atoms with Gasteiger partial charge in [0.25, 0.3) is 0 Å². The molecule has 0 unspecified atom stereocenters. The minimum Gasteiger partial charge on any atom is -0.384 e. The summed E-state index contributed by atoms with van der Waals surface area (Å²) in [4.78, 5) is 14.9. The molecule has 0 atom stereocenters. The smallest absolute Gasteiger partial charge is 0.319 e. The van der Waals surface area contributed by atoms with Crippen LogP contribution in [0.4, 0.5) is 4.79 Å². The van der Waals surface area contributed by atoms with Crippen LogP contribution in [0.2, 0.25) is 0 Å². The fourth-order valence-electron chi connectivity index (χ4n) is 1.58. The number of aliphatic hydroxyl groups excluding tert-OH is 1. The fourth-order valence-corrected chi connectivity index (χ4v) is 1.58. The van der Waals surface area contributed by atoms with Crippen LogP contribution in [-0.2, 0) is 6.54 Å². The zero-order valence-corrected chi connectivity index (χ0v) is 11.0. The molecule has 0 saturated carbocycles. The average Bonchev–Trinajstić information content (AvgIpc) is 2.36. The molecule has 1 N–H and O–H groups in total. The van der Waals surface area contributed by atoms with Crippen molar-refractivity contribution in [2.75, 3.05) is 27.7 Å². The maximum absolute atomic E-state index is 11.7. The molecule has 1 rings (SSSR count). The Balaban J connectivity index is 2.87. The van der Waals surface area contributed by atoms with Crippen molar-refractivity contribution in [2.24, 2.45) is 0 Å². The van der Waals surface area contributed by atoms with Gasteiger partial charge in [0.1, 0.15) is 6.61 Å². The van der Waals surface area contributed by atoms with E-state index in [1.165, 1.54) is 4.90 Å². The normalized spacial score (nSPS) is 9.33. The van der Waals surface area contributed by atoms with Crippen LogP contribution in [-0.4, -0.2) is 48.7 Å². The molecule has 0 spiro atoms. The molecular weight excluding hydrogens is 228 g/mol. The van der Waals surface area contributed by atoms with Gasteiger partial charge in [-0.05, 0) is 11.6 Å². The lowest BCUT2D eigenvalue weighted by Crippen LogP contribution is -2.35. The van der Waals surface area contributed by atoms with Crippen LogP contribution < -0.4 is 0 Å². The van der Waals surface area contributed by atoms with Crippen molar-refractivity contribution < 1.29 is 9.90 Å². The van der Waals surface area contributed by atoms with Crippen LogP contribution in [0.3, 0.4) is 0 Å². The van der Waals surface area contributed by atoms with Crippen molar-refractivity contribution in [1.82, 2.24) is 9.80 Å². The number of carbonyl (C=O) groups is 1. The van der Waals surface area contributed by atoms with Gasteiger partial charge in [0.15, 0.2) is 0 Å². The molecule has 0 saturated heterocycles. The zero-order valence-electron chi connectivity index (χ0n) is 11.0. The molecule has 96 valence electrons. The number of nitrogens with zero attached hydrogens (tertiary/aromatic N) is 2. The summed E-state index contributed by atoms with van der Waals surface area (Å²) in [6.45, 7) is 0.327. The van der Waals surface area contributed by atoms with Crippen LogP contribution >= 0.6 is 0 Å². The highest BCUT2D eigenvalue weighted by Gasteiger charge is 2.12. The van der Waals surface area contributed by atoms with E-state index in [4.69, 9.17) is 5.11 Å². The SMILES string of the molecule is CN(C)C(=O)N(C)Cc1ccccc1C#CCO. The number of amides is 2. The zero-order chi connectivity index (χ0) is 13.5. The molecule has 1 aromatic rings. The van der Waals surface area contributed by atoms with Crippen LogP contribution in [0.1, 0.15) is 11.1 Å². The van der Waals surface area contributed by atoms with Crippen molar-refractivity contribution in [2.45, 2.75) is 6.54 Å². The van der Waals surface area contributed by atoms with Crippen molar-refractivity contribution in [1.29, 1.82) is 0 Å². The van der Waals surface area contributed by atoms with E-state index >= 15 is 0 Å². The Bertz CT molecular complexity index is 472. The summed E-state index contributed by atoms with van der Waals surface area (Å²) in [5, 5.41) is 8.72. The second-order valence-corrected chi connectivity index (χ2v) is 4.15. The van der Waals surface area contributed by atoms with Crippen molar-refractivity contribution >= 4 is 6.03 Å². The molecule has 0 aliphatic rings. The molecule has 0 bridgehead atoms. The second kappa shape index (κ2) is 6.67. The third kappa shape index (κ3) is 3.79. The Morgan fingerprint density at radius 1 is 1.28 bits per heavy atom. The van der Waals surface area contributed by atoms with Gasteiger partial charge in [0.2, 0.25) is 0 Å². The molecule has 0 heterocycles. The molecule has 0 fully saturated rings. The largest absolute Gasteiger partial charge is 0.384 e. The summed E-state index contributed by atoms with van der Waals surface area (Å²) in [5.74, 6) is 5.51. The predicted molar refractivity (Wildman–Crippen MR) is 71.0 cm³/mol. The number of hydrogen-bond acceptors (Lipinski definition) is 2. The van der Waals surface area contributed by atoms with E-state index in [9.17, 15) is 4.79 Å². The minimum atomic E-state index is -0.166. The first-order chi connectivity index (χ1) is 8.56. The van der Waals surface area contributed by atoms with E-state index in [2.05, 4.69) is 11.8 Å². The first kappa shape index (κ1) is 14.1. The number of hydrogen-bond donors (Lipinski definition) is 1. The first-order valence-electron chi connectivity index (χ1n) is 5.66. The third-order valence-electron chi connectivity index (χ3n) is 2.44. The molecule has 0 aromatic heterocycles. The van der Waals surface area contributed by atoms with E-state index in [1.807, 2.05) is 24.3 Å². The highest BCUT2D eigenvalue weighted by Crippen LogP contribution is 2.10. The van der Waals surface area contributed by atoms with Crippen molar-refractivity contribution in [3.63, 3.8) is 0 Å². The van der Waals surface area contributed by atoms with E-state index in [0.717, 1.165) is 11.1 Å². The Morgan fingerprint density at radius 3 is 2.56 bits per heavy atom. The number of benzene rings is 1. The Morgan fingerprint density at radius 2 is 1.94 bits per heavy atom. The minimum absolute atomic E-state index is 0.0556. The third-order valence-corrected chi connectivity index (χ3v) is 2.44. The lowest BCUT2D eigenvalue weighted by atomic mass is 10.1. The molecular formula is C14H18N2O2. The maximum Gasteiger partial charge on any atom is 0.319 e. The van der Waals surface area contributed by atoms with Gasteiger partial charge in [-0.3, -0.25) is 0 Å². The van der Waals surface area contributed by atoms with Gasteiger partial charge in [0.05, 0.1) is 0 Å². The molecule has 4 nitrogen and oxygen atoms in total. The van der Waals surface area contributed by atoms with Crippen LogP contribution in [0.25, 0.3) is 0 Å². The maximum atomic E-state index is 11.7. The van der Waals surface area contributed by atoms with Crippen LogP contribution in [0.5, 0.6) is 0 Å². The average molecular weight is 246 g/mol. The number of aliphatic hydroxyl groups is 1. The predicted octanol–water partition coefficient (Wildman–Crippen LogP) is 1.14.